The second-order valence-electron chi connectivity index (χ2n) is 10.3. The summed E-state index contributed by atoms with van der Waals surface area (Å²) < 4.78 is 6.27. The Hall–Kier alpha value is -2.67. The summed E-state index contributed by atoms with van der Waals surface area (Å²) in [5, 5.41) is 0. The standard InChI is InChI=1S/C25H33N5O2/c1-24(2)16-18-4-3-5-19(21(18)32-24)17-29-12-7-25(8-13-29)9-14-30(15-10-25)22(31)20-6-11-27-23(26)28-20/h3-6,11H,7-10,12-17H2,1-2H3,(H2,26,27,28). The molecule has 1 spiro atoms. The number of hydrogen-bond acceptors (Lipinski definition) is 6. The molecule has 0 aliphatic carbocycles. The highest BCUT2D eigenvalue weighted by Gasteiger charge is 2.39. The molecular weight excluding hydrogens is 402 g/mol. The number of aromatic nitrogens is 2. The number of nitrogens with zero attached hydrogens (tertiary/aromatic N) is 4. The van der Waals surface area contributed by atoms with Crippen molar-refractivity contribution in [2.45, 2.75) is 58.1 Å². The van der Waals surface area contributed by atoms with Crippen LogP contribution in [0.5, 0.6) is 5.75 Å². The van der Waals surface area contributed by atoms with Crippen LogP contribution < -0.4 is 10.5 Å². The van der Waals surface area contributed by atoms with Gasteiger partial charge in [-0.05, 0) is 69.7 Å². The van der Waals surface area contributed by atoms with Gasteiger partial charge in [0.1, 0.15) is 17.0 Å². The highest BCUT2D eigenvalue weighted by molar-refractivity contribution is 5.92. The first-order chi connectivity index (χ1) is 15.3. The zero-order valence-electron chi connectivity index (χ0n) is 19.1. The molecule has 4 heterocycles. The van der Waals surface area contributed by atoms with Crippen LogP contribution in [0.4, 0.5) is 5.95 Å². The third-order valence-electron chi connectivity index (χ3n) is 7.49. The number of anilines is 1. The number of nitrogens with two attached hydrogens (primary N) is 1. The van der Waals surface area contributed by atoms with Crippen molar-refractivity contribution in [3.63, 3.8) is 0 Å². The van der Waals surface area contributed by atoms with E-state index >= 15 is 0 Å². The van der Waals surface area contributed by atoms with Crippen LogP contribution in [-0.4, -0.2) is 57.5 Å². The smallest absolute Gasteiger partial charge is 0.272 e. The minimum Gasteiger partial charge on any atom is -0.487 e. The van der Waals surface area contributed by atoms with Crippen molar-refractivity contribution in [2.24, 2.45) is 5.41 Å². The fourth-order valence-electron chi connectivity index (χ4n) is 5.57. The molecule has 7 heteroatoms. The molecule has 2 fully saturated rings. The van der Waals surface area contributed by atoms with E-state index in [1.165, 1.54) is 24.0 Å². The number of carbonyl (C=O) groups excluding carboxylic acids is 1. The van der Waals surface area contributed by atoms with Crippen LogP contribution in [0.15, 0.2) is 30.5 Å². The summed E-state index contributed by atoms with van der Waals surface area (Å²) in [4.78, 5) is 25.2. The third-order valence-corrected chi connectivity index (χ3v) is 7.49. The van der Waals surface area contributed by atoms with Crippen molar-refractivity contribution < 1.29 is 9.53 Å². The lowest BCUT2D eigenvalue weighted by Crippen LogP contribution is -2.48. The van der Waals surface area contributed by atoms with E-state index in [4.69, 9.17) is 10.5 Å². The summed E-state index contributed by atoms with van der Waals surface area (Å²) in [6, 6.07) is 8.23. The predicted molar refractivity (Wildman–Crippen MR) is 123 cm³/mol. The van der Waals surface area contributed by atoms with Crippen molar-refractivity contribution in [1.29, 1.82) is 0 Å². The summed E-state index contributed by atoms with van der Waals surface area (Å²) in [7, 11) is 0. The molecule has 0 atom stereocenters. The van der Waals surface area contributed by atoms with Crippen LogP contribution in [0.2, 0.25) is 0 Å². The normalized spacial score (nSPS) is 21.9. The average molecular weight is 436 g/mol. The highest BCUT2D eigenvalue weighted by Crippen LogP contribution is 2.43. The zero-order valence-corrected chi connectivity index (χ0v) is 19.1. The number of nitrogen functional groups attached to an aromatic ring is 1. The number of hydrogen-bond donors (Lipinski definition) is 1. The molecule has 2 N–H and O–H groups in total. The van der Waals surface area contributed by atoms with E-state index in [1.54, 1.807) is 12.3 Å². The minimum atomic E-state index is -0.104. The van der Waals surface area contributed by atoms with Crippen molar-refractivity contribution in [1.82, 2.24) is 19.8 Å². The van der Waals surface area contributed by atoms with Crippen molar-refractivity contribution in [3.05, 3.63) is 47.3 Å². The van der Waals surface area contributed by atoms with Crippen LogP contribution in [0.3, 0.4) is 0 Å². The van der Waals surface area contributed by atoms with Gasteiger partial charge in [-0.2, -0.15) is 0 Å². The molecule has 7 nitrogen and oxygen atoms in total. The number of fused-ring (bicyclic) bond motifs is 1. The number of carbonyl (C=O) groups is 1. The van der Waals surface area contributed by atoms with Gasteiger partial charge in [-0.3, -0.25) is 9.69 Å². The molecule has 1 aromatic heterocycles. The molecule has 0 bridgehead atoms. The van der Waals surface area contributed by atoms with Gasteiger partial charge in [0.15, 0.2) is 0 Å². The van der Waals surface area contributed by atoms with E-state index in [0.29, 0.717) is 11.1 Å². The molecule has 2 saturated heterocycles. The highest BCUT2D eigenvalue weighted by atomic mass is 16.5. The Morgan fingerprint density at radius 2 is 1.81 bits per heavy atom. The molecule has 5 rings (SSSR count). The van der Waals surface area contributed by atoms with E-state index in [-0.39, 0.29) is 17.5 Å². The SMILES string of the molecule is CC1(C)Cc2cccc(CN3CCC4(CC3)CCN(C(=O)c3ccnc(N)n3)CC4)c2O1. The number of para-hydroxylation sites is 1. The van der Waals surface area contributed by atoms with Gasteiger partial charge in [0.05, 0.1) is 0 Å². The Labute approximate surface area is 190 Å². The summed E-state index contributed by atoms with van der Waals surface area (Å²) in [5.41, 5.74) is 8.94. The lowest BCUT2D eigenvalue weighted by Gasteiger charge is -2.47. The lowest BCUT2D eigenvalue weighted by molar-refractivity contribution is 0.0279. The number of likely N-dealkylation sites (tertiary alicyclic amines) is 2. The Morgan fingerprint density at radius 3 is 2.53 bits per heavy atom. The van der Waals surface area contributed by atoms with Gasteiger partial charge < -0.3 is 15.4 Å². The van der Waals surface area contributed by atoms with Crippen molar-refractivity contribution in [2.75, 3.05) is 31.9 Å². The maximum absolute atomic E-state index is 12.8. The summed E-state index contributed by atoms with van der Waals surface area (Å²) >= 11 is 0. The summed E-state index contributed by atoms with van der Waals surface area (Å²) in [6.07, 6.45) is 7.03. The minimum absolute atomic E-state index is 0.0350. The predicted octanol–water partition coefficient (Wildman–Crippen LogP) is 3.29. The van der Waals surface area contributed by atoms with Gasteiger partial charge in [-0.25, -0.2) is 9.97 Å². The Morgan fingerprint density at radius 1 is 1.09 bits per heavy atom. The van der Waals surface area contributed by atoms with E-state index in [9.17, 15) is 4.79 Å². The number of amides is 1. The third kappa shape index (κ3) is 4.18. The Balaban J connectivity index is 1.16. The van der Waals surface area contributed by atoms with Crippen molar-refractivity contribution >= 4 is 11.9 Å². The van der Waals surface area contributed by atoms with Gasteiger partial charge in [0.2, 0.25) is 5.95 Å². The fraction of sp³-hybridized carbons (Fsp3) is 0.560. The summed E-state index contributed by atoms with van der Waals surface area (Å²) in [6.45, 7) is 9.06. The van der Waals surface area contributed by atoms with E-state index < -0.39 is 0 Å². The molecule has 3 aliphatic heterocycles. The quantitative estimate of drug-likeness (QED) is 0.796. The largest absolute Gasteiger partial charge is 0.487 e. The molecule has 0 radical (unpaired) electrons. The fourth-order valence-corrected chi connectivity index (χ4v) is 5.57. The Bertz CT molecular complexity index is 1000. The van der Waals surface area contributed by atoms with Gasteiger partial charge in [0, 0.05) is 37.8 Å². The van der Waals surface area contributed by atoms with Crippen LogP contribution in [0.25, 0.3) is 0 Å². The zero-order chi connectivity index (χ0) is 22.3. The van der Waals surface area contributed by atoms with E-state index in [0.717, 1.165) is 57.7 Å². The molecule has 170 valence electrons. The first-order valence-corrected chi connectivity index (χ1v) is 11.7. The van der Waals surface area contributed by atoms with Crippen LogP contribution in [-0.2, 0) is 13.0 Å². The van der Waals surface area contributed by atoms with E-state index in [2.05, 4.69) is 46.9 Å². The van der Waals surface area contributed by atoms with Gasteiger partial charge in [-0.1, -0.05) is 18.2 Å². The van der Waals surface area contributed by atoms with Crippen LogP contribution >= 0.6 is 0 Å². The molecular formula is C25H33N5O2. The number of ether oxygens (including phenoxy) is 1. The maximum atomic E-state index is 12.8. The molecule has 0 unspecified atom stereocenters. The van der Waals surface area contributed by atoms with Gasteiger partial charge in [0.25, 0.3) is 5.91 Å². The first kappa shape index (κ1) is 21.2. The summed E-state index contributed by atoms with van der Waals surface area (Å²) in [5.74, 6) is 1.22. The molecule has 2 aromatic rings. The maximum Gasteiger partial charge on any atom is 0.272 e. The monoisotopic (exact) mass is 435 g/mol. The second kappa shape index (κ2) is 8.03. The van der Waals surface area contributed by atoms with Gasteiger partial charge in [-0.15, -0.1) is 0 Å². The molecule has 1 aromatic carbocycles. The Kier molecular flexibility index (Phi) is 5.32. The van der Waals surface area contributed by atoms with E-state index in [1.807, 2.05) is 4.90 Å². The first-order valence-electron chi connectivity index (χ1n) is 11.7. The van der Waals surface area contributed by atoms with Crippen LogP contribution in [0, 0.1) is 5.41 Å². The van der Waals surface area contributed by atoms with Crippen LogP contribution in [0.1, 0.15) is 61.1 Å². The van der Waals surface area contributed by atoms with Crippen molar-refractivity contribution in [3.8, 4) is 5.75 Å². The lowest BCUT2D eigenvalue weighted by atomic mass is 9.71. The molecule has 3 aliphatic rings. The molecule has 0 saturated carbocycles. The molecule has 1 amide bonds. The second-order valence-corrected chi connectivity index (χ2v) is 10.3. The number of piperidine rings is 2. The average Bonchev–Trinajstić information content (AvgIpc) is 3.10. The molecule has 32 heavy (non-hydrogen) atoms. The van der Waals surface area contributed by atoms with Gasteiger partial charge >= 0.3 is 0 Å². The number of benzene rings is 1. The topological polar surface area (TPSA) is 84.6 Å². The number of rotatable bonds is 3.